The molecule has 0 radical (unpaired) electrons. The Labute approximate surface area is 121 Å². The molecule has 1 aromatic carbocycles. The van der Waals surface area contributed by atoms with Gasteiger partial charge in [-0.1, -0.05) is 18.2 Å². The maximum Gasteiger partial charge on any atom is 0.123 e. The Bertz CT molecular complexity index is 461. The average molecular weight is 272 g/mol. The Hall–Kier alpha value is -1.06. The Morgan fingerprint density at radius 2 is 2.15 bits per heavy atom. The molecule has 3 nitrogen and oxygen atoms in total. The summed E-state index contributed by atoms with van der Waals surface area (Å²) >= 11 is 0. The lowest BCUT2D eigenvalue weighted by molar-refractivity contribution is 0.0830. The summed E-state index contributed by atoms with van der Waals surface area (Å²) in [7, 11) is 0. The SMILES string of the molecule is CC1CNC(C2CC2)CN1CC1Cc2ccccc2O1. The van der Waals surface area contributed by atoms with Crippen molar-refractivity contribution in [1.29, 1.82) is 0 Å². The van der Waals surface area contributed by atoms with Crippen LogP contribution in [0.1, 0.15) is 25.3 Å². The largest absolute Gasteiger partial charge is 0.488 e. The Morgan fingerprint density at radius 1 is 1.30 bits per heavy atom. The Balaban J connectivity index is 1.39. The monoisotopic (exact) mass is 272 g/mol. The number of nitrogens with one attached hydrogen (secondary N) is 1. The first-order valence-corrected chi connectivity index (χ1v) is 8.01. The fraction of sp³-hybridized carbons (Fsp3) is 0.647. The van der Waals surface area contributed by atoms with Crippen molar-refractivity contribution in [1.82, 2.24) is 10.2 Å². The molecule has 4 rings (SSSR count). The summed E-state index contributed by atoms with van der Waals surface area (Å²) in [4.78, 5) is 2.63. The van der Waals surface area contributed by atoms with E-state index in [0.717, 1.165) is 37.2 Å². The van der Waals surface area contributed by atoms with Crippen LogP contribution in [-0.2, 0) is 6.42 Å². The van der Waals surface area contributed by atoms with E-state index in [4.69, 9.17) is 4.74 Å². The second kappa shape index (κ2) is 5.05. The summed E-state index contributed by atoms with van der Waals surface area (Å²) in [6.45, 7) is 5.72. The first-order valence-electron chi connectivity index (χ1n) is 8.01. The van der Waals surface area contributed by atoms with Crippen LogP contribution in [0, 0.1) is 5.92 Å². The summed E-state index contributed by atoms with van der Waals surface area (Å²) in [5, 5.41) is 3.72. The van der Waals surface area contributed by atoms with Crippen LogP contribution >= 0.6 is 0 Å². The number of ether oxygens (including phenoxy) is 1. The van der Waals surface area contributed by atoms with Crippen molar-refractivity contribution in [2.24, 2.45) is 5.92 Å². The first kappa shape index (κ1) is 12.7. The van der Waals surface area contributed by atoms with Crippen molar-refractivity contribution in [3.8, 4) is 5.75 Å². The number of benzene rings is 1. The summed E-state index contributed by atoms with van der Waals surface area (Å²) in [5.74, 6) is 2.03. The van der Waals surface area contributed by atoms with Crippen LogP contribution in [0.3, 0.4) is 0 Å². The summed E-state index contributed by atoms with van der Waals surface area (Å²) in [6.07, 6.45) is 4.25. The van der Waals surface area contributed by atoms with Crippen LogP contribution in [0.4, 0.5) is 0 Å². The van der Waals surface area contributed by atoms with E-state index in [1.54, 1.807) is 0 Å². The summed E-state index contributed by atoms with van der Waals surface area (Å²) in [6, 6.07) is 9.82. The molecule has 1 N–H and O–H groups in total. The van der Waals surface area contributed by atoms with Crippen LogP contribution in [0.5, 0.6) is 5.75 Å². The zero-order chi connectivity index (χ0) is 13.5. The van der Waals surface area contributed by atoms with Gasteiger partial charge in [0, 0.05) is 38.1 Å². The molecule has 2 aliphatic heterocycles. The molecule has 0 spiro atoms. The molecule has 1 saturated heterocycles. The molecular weight excluding hydrogens is 248 g/mol. The number of para-hydroxylation sites is 1. The zero-order valence-corrected chi connectivity index (χ0v) is 12.2. The van der Waals surface area contributed by atoms with Gasteiger partial charge in [-0.3, -0.25) is 4.90 Å². The lowest BCUT2D eigenvalue weighted by Gasteiger charge is -2.40. The molecule has 0 amide bonds. The normalized spacial score (nSPS) is 33.8. The maximum absolute atomic E-state index is 6.11. The number of piperazine rings is 1. The lowest BCUT2D eigenvalue weighted by Crippen LogP contribution is -2.57. The maximum atomic E-state index is 6.11. The van der Waals surface area contributed by atoms with Crippen LogP contribution in [-0.4, -0.2) is 42.7 Å². The van der Waals surface area contributed by atoms with E-state index in [1.807, 2.05) is 0 Å². The Morgan fingerprint density at radius 3 is 2.95 bits per heavy atom. The highest BCUT2D eigenvalue weighted by Gasteiger charge is 2.37. The third-order valence-corrected chi connectivity index (χ3v) is 5.07. The molecule has 1 aliphatic carbocycles. The van der Waals surface area contributed by atoms with E-state index in [1.165, 1.54) is 24.9 Å². The van der Waals surface area contributed by atoms with E-state index in [2.05, 4.69) is 41.4 Å². The second-order valence-corrected chi connectivity index (χ2v) is 6.71. The highest BCUT2D eigenvalue weighted by molar-refractivity contribution is 5.37. The number of rotatable bonds is 3. The molecule has 108 valence electrons. The van der Waals surface area contributed by atoms with Gasteiger partial charge in [0.25, 0.3) is 0 Å². The third-order valence-electron chi connectivity index (χ3n) is 5.07. The molecule has 0 bridgehead atoms. The van der Waals surface area contributed by atoms with Crippen LogP contribution in [0.25, 0.3) is 0 Å². The molecule has 3 aliphatic rings. The number of hydrogen-bond acceptors (Lipinski definition) is 3. The van der Waals surface area contributed by atoms with Crippen LogP contribution in [0.15, 0.2) is 24.3 Å². The third kappa shape index (κ3) is 2.45. The molecule has 20 heavy (non-hydrogen) atoms. The minimum absolute atomic E-state index is 0.341. The van der Waals surface area contributed by atoms with Gasteiger partial charge in [0.15, 0.2) is 0 Å². The van der Waals surface area contributed by atoms with Gasteiger partial charge >= 0.3 is 0 Å². The highest BCUT2D eigenvalue weighted by Crippen LogP contribution is 2.35. The van der Waals surface area contributed by atoms with Gasteiger partial charge in [-0.15, -0.1) is 0 Å². The fourth-order valence-corrected chi connectivity index (χ4v) is 3.63. The van der Waals surface area contributed by atoms with E-state index < -0.39 is 0 Å². The number of nitrogens with zero attached hydrogens (tertiary/aromatic N) is 1. The van der Waals surface area contributed by atoms with Crippen molar-refractivity contribution in [2.75, 3.05) is 19.6 Å². The molecule has 3 atom stereocenters. The molecule has 1 saturated carbocycles. The molecule has 3 unspecified atom stereocenters. The van der Waals surface area contributed by atoms with Crippen molar-refractivity contribution >= 4 is 0 Å². The summed E-state index contributed by atoms with van der Waals surface area (Å²) in [5.41, 5.74) is 1.37. The van der Waals surface area contributed by atoms with Gasteiger partial charge in [0.1, 0.15) is 11.9 Å². The zero-order valence-electron chi connectivity index (χ0n) is 12.2. The van der Waals surface area contributed by atoms with Gasteiger partial charge in [-0.25, -0.2) is 0 Å². The smallest absolute Gasteiger partial charge is 0.123 e. The summed E-state index contributed by atoms with van der Waals surface area (Å²) < 4.78 is 6.11. The first-order chi connectivity index (χ1) is 9.79. The lowest BCUT2D eigenvalue weighted by atomic mass is 10.0. The van der Waals surface area contributed by atoms with E-state index in [0.29, 0.717) is 12.1 Å². The molecule has 2 fully saturated rings. The average Bonchev–Trinajstić information content (AvgIpc) is 3.21. The number of hydrogen-bond donors (Lipinski definition) is 1. The van der Waals surface area contributed by atoms with Gasteiger partial charge in [-0.05, 0) is 37.3 Å². The molecule has 1 aromatic rings. The van der Waals surface area contributed by atoms with Crippen LogP contribution in [0.2, 0.25) is 0 Å². The van der Waals surface area contributed by atoms with Crippen LogP contribution < -0.4 is 10.1 Å². The molecular formula is C17H24N2O. The van der Waals surface area contributed by atoms with E-state index >= 15 is 0 Å². The van der Waals surface area contributed by atoms with Crippen molar-refractivity contribution in [2.45, 2.75) is 44.4 Å². The molecule has 3 heteroatoms. The van der Waals surface area contributed by atoms with Crippen molar-refractivity contribution < 1.29 is 4.74 Å². The Kier molecular flexibility index (Phi) is 3.20. The fourth-order valence-electron chi connectivity index (χ4n) is 3.63. The van der Waals surface area contributed by atoms with Gasteiger partial charge in [-0.2, -0.15) is 0 Å². The standard InChI is InChI=1S/C17H24N2O/c1-12-9-18-16(13-6-7-13)11-19(12)10-15-8-14-4-2-3-5-17(14)20-15/h2-5,12-13,15-16,18H,6-11H2,1H3. The topological polar surface area (TPSA) is 24.5 Å². The van der Waals surface area contributed by atoms with E-state index in [9.17, 15) is 0 Å². The molecule has 2 heterocycles. The van der Waals surface area contributed by atoms with Gasteiger partial charge in [0.2, 0.25) is 0 Å². The number of fused-ring (bicyclic) bond motifs is 1. The van der Waals surface area contributed by atoms with E-state index in [-0.39, 0.29) is 0 Å². The minimum Gasteiger partial charge on any atom is -0.488 e. The second-order valence-electron chi connectivity index (χ2n) is 6.71. The minimum atomic E-state index is 0.341. The predicted molar refractivity (Wildman–Crippen MR) is 80.1 cm³/mol. The van der Waals surface area contributed by atoms with Gasteiger partial charge in [0.05, 0.1) is 0 Å². The van der Waals surface area contributed by atoms with Crippen molar-refractivity contribution in [3.05, 3.63) is 29.8 Å². The quantitative estimate of drug-likeness (QED) is 0.911. The van der Waals surface area contributed by atoms with Crippen molar-refractivity contribution in [3.63, 3.8) is 0 Å². The predicted octanol–water partition coefficient (Wildman–Crippen LogP) is 2.06. The molecule has 0 aromatic heterocycles. The highest BCUT2D eigenvalue weighted by atomic mass is 16.5. The van der Waals surface area contributed by atoms with Gasteiger partial charge < -0.3 is 10.1 Å².